The fourth-order valence-electron chi connectivity index (χ4n) is 0. The molecule has 0 rings (SSSR count). The molecule has 0 aliphatic rings. The van der Waals surface area contributed by atoms with Crippen LogP contribution in [0.25, 0.3) is 0 Å². The van der Waals surface area contributed by atoms with Crippen molar-refractivity contribution in [3.8, 4) is 0 Å². The zero-order chi connectivity index (χ0) is 2.00. The summed E-state index contributed by atoms with van der Waals surface area (Å²) in [6.07, 6.45) is 0. The quantitative estimate of drug-likeness (QED) is 0.456. The van der Waals surface area contributed by atoms with Gasteiger partial charge in [0, 0.05) is 0 Å². The van der Waals surface area contributed by atoms with E-state index in [1.54, 1.807) is 0 Å². The van der Waals surface area contributed by atoms with E-state index < -0.39 is 0 Å². The molecule has 0 unspecified atom stereocenters. The second-order valence-electron chi connectivity index (χ2n) is 0. The van der Waals surface area contributed by atoms with E-state index in [1.807, 2.05) is 0 Å². The van der Waals surface area contributed by atoms with Crippen LogP contribution in [0.2, 0.25) is 0 Å². The predicted molar refractivity (Wildman–Crippen MR) is 19.6 cm³/mol. The molecule has 0 saturated carbocycles. The van der Waals surface area contributed by atoms with Gasteiger partial charge in [-0.05, 0) is 0 Å². The minimum absolute atomic E-state index is 0. The Bertz CT molecular complexity index is 6.85. The van der Waals surface area contributed by atoms with Crippen LogP contribution in [-0.2, 0) is 24.9 Å². The molecule has 0 saturated heterocycles. The van der Waals surface area contributed by atoms with Crippen LogP contribution in [0.4, 0.5) is 0 Å². The Morgan fingerprint density at radius 2 is 1.00 bits per heavy atom. The zero-order valence-corrected chi connectivity index (χ0v) is 5.71. The Morgan fingerprint density at radius 3 is 1.00 bits per heavy atom. The smallest absolute Gasteiger partial charge is 0.545 e. The first kappa shape index (κ1) is 57.0. The van der Waals surface area contributed by atoms with Crippen molar-refractivity contribution in [3.05, 3.63) is 14.9 Å². The van der Waals surface area contributed by atoms with Crippen LogP contribution in [0.15, 0.2) is 0 Å². The zero-order valence-electron chi connectivity index (χ0n) is 3.32. The summed E-state index contributed by atoms with van der Waals surface area (Å²) >= 11 is 0. The number of carbonyl (C=O) groups excluding carboxylic acids is 1. The van der Waals surface area contributed by atoms with Crippen LogP contribution >= 0.6 is 0 Å². The van der Waals surface area contributed by atoms with Crippen LogP contribution in [0.5, 0.6) is 0 Å². The Kier molecular flexibility index (Phi) is 5320. The average Bonchev–Trinajstić information content (AvgIpc) is 1.00. The summed E-state index contributed by atoms with van der Waals surface area (Å²) < 4.78 is 0. The Hall–Kier alpha value is 0.319. The maximum absolute atomic E-state index is 7.75. The molecule has 0 radical (unpaired) electrons. The molecule has 0 aromatic heterocycles. The summed E-state index contributed by atoms with van der Waals surface area (Å²) in [5.41, 5.74) is 0. The van der Waals surface area contributed by atoms with E-state index in [0.717, 1.165) is 0 Å². The molecule has 0 aliphatic heterocycles. The molecule has 0 aromatic carbocycles. The molecule has 0 heterocycles. The van der Waals surface area contributed by atoms with Crippen LogP contribution in [0, 0.1) is 14.9 Å². The van der Waals surface area contributed by atoms with Gasteiger partial charge in [0.2, 0.25) is 0 Å². The first-order valence-electron chi connectivity index (χ1n) is 0.236. The molecule has 0 aliphatic carbocycles. The first-order valence-corrected chi connectivity index (χ1v) is 0.236. The van der Waals surface area contributed by atoms with Gasteiger partial charge in [0.05, 0.1) is 0 Å². The summed E-state index contributed by atoms with van der Waals surface area (Å²) in [6, 6.07) is 0. The van der Waals surface area contributed by atoms with Gasteiger partial charge in [-0.3, -0.25) is 6.79 Å². The molecule has 0 amide bonds. The van der Waals surface area contributed by atoms with E-state index >= 15 is 0 Å². The van der Waals surface area contributed by atoms with Gasteiger partial charge in [0.1, 0.15) is 0 Å². The predicted octanol–water partition coefficient (Wildman–Crippen LogP) is 0.624. The van der Waals surface area contributed by atoms with E-state index in [1.165, 1.54) is 0 Å². The van der Waals surface area contributed by atoms with Gasteiger partial charge < -0.3 is 19.6 Å². The van der Waals surface area contributed by atoms with E-state index in [0.29, 0.717) is 0 Å². The summed E-state index contributed by atoms with van der Waals surface area (Å²) in [6.45, 7) is 3.25. The minimum Gasteiger partial charge on any atom is -0.545 e. The molecule has 1 nitrogen and oxygen atoms in total. The maximum atomic E-state index is 7.75. The van der Waals surface area contributed by atoms with Crippen molar-refractivity contribution in [3.63, 3.8) is 0 Å². The van der Waals surface area contributed by atoms with Crippen LogP contribution in [-0.4, -0.2) is 6.79 Å². The van der Waals surface area contributed by atoms with E-state index in [2.05, 4.69) is 6.79 Å². The molecule has 0 aromatic rings. The molecular formula is C3H7IrO. The summed E-state index contributed by atoms with van der Waals surface area (Å²) in [7, 11) is 0. The van der Waals surface area contributed by atoms with E-state index in [4.69, 9.17) is 4.79 Å². The third-order valence-corrected chi connectivity index (χ3v) is 0. The fourth-order valence-corrected chi connectivity index (χ4v) is 0. The van der Waals surface area contributed by atoms with Gasteiger partial charge in [-0.15, -0.1) is 0 Å². The van der Waals surface area contributed by atoms with Crippen molar-refractivity contribution >= 4 is 6.79 Å². The summed E-state index contributed by atoms with van der Waals surface area (Å²) in [4.78, 5) is 7.75. The summed E-state index contributed by atoms with van der Waals surface area (Å²) in [5.74, 6) is 0. The third kappa shape index (κ3) is 228. The molecule has 34 valence electrons. The Morgan fingerprint density at radius 1 is 1.00 bits per heavy atom. The second kappa shape index (κ2) is 467. The number of hydrogen-bond donors (Lipinski definition) is 0. The van der Waals surface area contributed by atoms with Gasteiger partial charge >= 0.3 is 20.1 Å². The van der Waals surface area contributed by atoms with Crippen molar-refractivity contribution in [2.45, 2.75) is 0 Å². The maximum Gasteiger partial charge on any atom is 3.00 e. The molecule has 0 atom stereocenters. The average molecular weight is 251 g/mol. The third-order valence-electron chi connectivity index (χ3n) is 0. The van der Waals surface area contributed by atoms with Gasteiger partial charge in [-0.25, -0.2) is 0 Å². The monoisotopic (exact) mass is 252 g/mol. The van der Waals surface area contributed by atoms with Gasteiger partial charge in [-0.2, -0.15) is 0 Å². The Balaban J connectivity index is -0.00000000167. The first-order chi connectivity index (χ1) is 1.00. The molecule has 0 spiro atoms. The number of hydrogen-bond acceptors (Lipinski definition) is 1. The van der Waals surface area contributed by atoms with Crippen molar-refractivity contribution < 1.29 is 24.9 Å². The second-order valence-corrected chi connectivity index (χ2v) is 0. The van der Waals surface area contributed by atoms with Crippen molar-refractivity contribution in [1.82, 2.24) is 0 Å². The van der Waals surface area contributed by atoms with E-state index in [-0.39, 0.29) is 35.0 Å². The van der Waals surface area contributed by atoms with Crippen LogP contribution in [0.3, 0.4) is 0 Å². The van der Waals surface area contributed by atoms with Crippen LogP contribution in [0.1, 0.15) is 0 Å². The standard InChI is InChI=1S/CHO.2CH3.Ir/c1-2;;;/h1H;2*1H3;/q3*-1;+3. The van der Waals surface area contributed by atoms with Crippen LogP contribution < -0.4 is 0 Å². The topological polar surface area (TPSA) is 17.1 Å². The van der Waals surface area contributed by atoms with Gasteiger partial charge in [-0.1, -0.05) is 0 Å². The molecule has 0 fully saturated rings. The van der Waals surface area contributed by atoms with Gasteiger partial charge in [0.25, 0.3) is 0 Å². The Labute approximate surface area is 47.1 Å². The molecule has 0 bridgehead atoms. The largest absolute Gasteiger partial charge is 3.00 e. The van der Waals surface area contributed by atoms with Gasteiger partial charge in [0.15, 0.2) is 0 Å². The summed E-state index contributed by atoms with van der Waals surface area (Å²) in [5, 5.41) is 0. The SMILES string of the molecule is [CH-]=O.[CH3-].[CH3-].[Ir+3]. The van der Waals surface area contributed by atoms with Crippen molar-refractivity contribution in [2.75, 3.05) is 0 Å². The van der Waals surface area contributed by atoms with Crippen molar-refractivity contribution in [1.29, 1.82) is 0 Å². The molecular weight excluding hydrogens is 244 g/mol. The molecule has 0 N–H and O–H groups in total. The normalized spacial score (nSPS) is 0.800. The number of rotatable bonds is 0. The van der Waals surface area contributed by atoms with E-state index in [9.17, 15) is 0 Å². The minimum atomic E-state index is 0. The molecule has 5 heavy (non-hydrogen) atoms. The fraction of sp³-hybridized carbons (Fsp3) is 0. The molecule has 2 heteroatoms. The van der Waals surface area contributed by atoms with Crippen molar-refractivity contribution in [2.24, 2.45) is 0 Å².